The van der Waals surface area contributed by atoms with Gasteiger partial charge in [0.25, 0.3) is 0 Å². The van der Waals surface area contributed by atoms with Gasteiger partial charge in [-0.3, -0.25) is 0 Å². The Hall–Kier alpha value is -0.220. The molecule has 4 heteroatoms. The van der Waals surface area contributed by atoms with Gasteiger partial charge in [-0.15, -0.1) is 0 Å². The highest BCUT2D eigenvalue weighted by Gasteiger charge is 2.06. The number of nitrogens with two attached hydrogens (primary N) is 1. The van der Waals surface area contributed by atoms with E-state index in [0.717, 1.165) is 29.6 Å². The van der Waals surface area contributed by atoms with Gasteiger partial charge in [0.15, 0.2) is 0 Å². The van der Waals surface area contributed by atoms with Crippen LogP contribution in [0.5, 0.6) is 0 Å². The number of benzene rings is 1. The van der Waals surface area contributed by atoms with Crippen LogP contribution in [0.2, 0.25) is 5.02 Å². The maximum Gasteiger partial charge on any atom is 0.0705 e. The van der Waals surface area contributed by atoms with E-state index < -0.39 is 0 Å². The van der Waals surface area contributed by atoms with E-state index in [4.69, 9.17) is 22.1 Å². The molecule has 0 aliphatic rings. The highest BCUT2D eigenvalue weighted by Crippen LogP contribution is 2.21. The Kier molecular flexibility index (Phi) is 7.69. The van der Waals surface area contributed by atoms with Gasteiger partial charge < -0.3 is 10.5 Å². The van der Waals surface area contributed by atoms with E-state index in [2.05, 4.69) is 6.07 Å². The van der Waals surface area contributed by atoms with E-state index in [0.29, 0.717) is 6.54 Å². The summed E-state index contributed by atoms with van der Waals surface area (Å²) in [7, 11) is 0. The molecule has 17 heavy (non-hydrogen) atoms. The molecule has 0 saturated heterocycles. The molecule has 1 atom stereocenters. The van der Waals surface area contributed by atoms with Crippen molar-refractivity contribution in [2.45, 2.75) is 25.2 Å². The Morgan fingerprint density at radius 3 is 2.82 bits per heavy atom. The van der Waals surface area contributed by atoms with Crippen molar-refractivity contribution >= 4 is 23.4 Å². The monoisotopic (exact) mass is 273 g/mol. The molecule has 0 bridgehead atoms. The van der Waals surface area contributed by atoms with Crippen LogP contribution in [0.25, 0.3) is 0 Å². The van der Waals surface area contributed by atoms with Crippen LogP contribution >= 0.6 is 23.4 Å². The van der Waals surface area contributed by atoms with E-state index in [1.54, 1.807) is 0 Å². The van der Waals surface area contributed by atoms with Gasteiger partial charge in [0, 0.05) is 23.9 Å². The van der Waals surface area contributed by atoms with Gasteiger partial charge in [0.1, 0.15) is 0 Å². The predicted molar refractivity (Wildman–Crippen MR) is 76.7 cm³/mol. The van der Waals surface area contributed by atoms with Gasteiger partial charge in [0.2, 0.25) is 0 Å². The molecule has 0 heterocycles. The van der Waals surface area contributed by atoms with Crippen molar-refractivity contribution in [3.8, 4) is 0 Å². The molecule has 2 N–H and O–H groups in total. The highest BCUT2D eigenvalue weighted by molar-refractivity contribution is 7.98. The number of rotatable bonds is 8. The molecular weight excluding hydrogens is 254 g/mol. The lowest BCUT2D eigenvalue weighted by atomic mass is 10.2. The minimum atomic E-state index is 0.193. The topological polar surface area (TPSA) is 35.2 Å². The van der Waals surface area contributed by atoms with Crippen LogP contribution in [-0.4, -0.2) is 25.0 Å². The van der Waals surface area contributed by atoms with Crippen LogP contribution in [0.4, 0.5) is 0 Å². The van der Waals surface area contributed by atoms with Gasteiger partial charge >= 0.3 is 0 Å². The van der Waals surface area contributed by atoms with Crippen LogP contribution in [0, 0.1) is 0 Å². The number of hydrogen-bond acceptors (Lipinski definition) is 3. The first-order valence-electron chi connectivity index (χ1n) is 5.90. The molecule has 2 nitrogen and oxygen atoms in total. The first kappa shape index (κ1) is 14.8. The number of halogens is 1. The van der Waals surface area contributed by atoms with Crippen LogP contribution in [0.3, 0.4) is 0 Å². The van der Waals surface area contributed by atoms with Gasteiger partial charge in [-0.25, -0.2) is 0 Å². The van der Waals surface area contributed by atoms with Crippen molar-refractivity contribution < 1.29 is 4.74 Å². The smallest absolute Gasteiger partial charge is 0.0705 e. The average Bonchev–Trinajstić information content (AvgIpc) is 2.35. The third kappa shape index (κ3) is 5.77. The lowest BCUT2D eigenvalue weighted by Crippen LogP contribution is -2.24. The fourth-order valence-corrected chi connectivity index (χ4v) is 2.84. The maximum atomic E-state index is 6.08. The highest BCUT2D eigenvalue weighted by atomic mass is 35.5. The molecule has 1 rings (SSSR count). The Labute approximate surface area is 113 Å². The summed E-state index contributed by atoms with van der Waals surface area (Å²) in [6.45, 7) is 3.33. The van der Waals surface area contributed by atoms with E-state index in [1.165, 1.54) is 5.56 Å². The minimum Gasteiger partial charge on any atom is -0.377 e. The summed E-state index contributed by atoms with van der Waals surface area (Å²) in [6.07, 6.45) is 1.19. The van der Waals surface area contributed by atoms with Crippen LogP contribution in [0.1, 0.15) is 18.9 Å². The van der Waals surface area contributed by atoms with Crippen molar-refractivity contribution in [3.05, 3.63) is 34.9 Å². The van der Waals surface area contributed by atoms with Crippen molar-refractivity contribution in [1.82, 2.24) is 0 Å². The summed E-state index contributed by atoms with van der Waals surface area (Å²) in [4.78, 5) is 0. The molecule has 1 unspecified atom stereocenters. The lowest BCUT2D eigenvalue weighted by molar-refractivity contribution is 0.0674. The predicted octanol–water partition coefficient (Wildman–Crippen LogP) is 3.33. The Morgan fingerprint density at radius 2 is 2.18 bits per heavy atom. The molecule has 0 saturated carbocycles. The van der Waals surface area contributed by atoms with Gasteiger partial charge in [-0.05, 0) is 30.7 Å². The van der Waals surface area contributed by atoms with Crippen molar-refractivity contribution in [2.24, 2.45) is 5.73 Å². The number of hydrogen-bond donors (Lipinski definition) is 1. The van der Waals surface area contributed by atoms with E-state index in [1.807, 2.05) is 36.9 Å². The molecule has 0 amide bonds. The van der Waals surface area contributed by atoms with Crippen LogP contribution in [-0.2, 0) is 10.5 Å². The van der Waals surface area contributed by atoms with Gasteiger partial charge in [0.05, 0.1) is 6.10 Å². The average molecular weight is 274 g/mol. The van der Waals surface area contributed by atoms with E-state index in [-0.39, 0.29) is 6.10 Å². The second-order valence-electron chi connectivity index (χ2n) is 3.75. The standard InChI is InChI=1S/C13H20ClNOS/c1-2-16-12(9-15)7-8-17-10-11-5-3-4-6-13(11)14/h3-6,12H,2,7-10,15H2,1H3. The summed E-state index contributed by atoms with van der Waals surface area (Å²) < 4.78 is 5.50. The van der Waals surface area contributed by atoms with Gasteiger partial charge in [-0.1, -0.05) is 29.8 Å². The summed E-state index contributed by atoms with van der Waals surface area (Å²) in [5.41, 5.74) is 6.82. The molecule has 0 aromatic heterocycles. The van der Waals surface area contributed by atoms with Crippen LogP contribution in [0.15, 0.2) is 24.3 Å². The molecule has 96 valence electrons. The maximum absolute atomic E-state index is 6.08. The lowest BCUT2D eigenvalue weighted by Gasteiger charge is -2.14. The molecule has 0 aliphatic heterocycles. The van der Waals surface area contributed by atoms with Gasteiger partial charge in [-0.2, -0.15) is 11.8 Å². The number of thioether (sulfide) groups is 1. The summed E-state index contributed by atoms with van der Waals surface area (Å²) in [5.74, 6) is 2.00. The third-order valence-electron chi connectivity index (χ3n) is 2.46. The van der Waals surface area contributed by atoms with Crippen LogP contribution < -0.4 is 5.73 Å². The first-order chi connectivity index (χ1) is 8.27. The molecule has 0 radical (unpaired) electrons. The molecule has 1 aromatic carbocycles. The fourth-order valence-electron chi connectivity index (χ4n) is 1.52. The van der Waals surface area contributed by atoms with E-state index >= 15 is 0 Å². The number of ether oxygens (including phenoxy) is 1. The molecule has 0 spiro atoms. The minimum absolute atomic E-state index is 0.193. The van der Waals surface area contributed by atoms with Crippen molar-refractivity contribution in [1.29, 1.82) is 0 Å². The zero-order valence-electron chi connectivity index (χ0n) is 10.2. The van der Waals surface area contributed by atoms with E-state index in [9.17, 15) is 0 Å². The summed E-state index contributed by atoms with van der Waals surface area (Å²) in [5, 5.41) is 0.847. The quantitative estimate of drug-likeness (QED) is 0.738. The largest absolute Gasteiger partial charge is 0.377 e. The third-order valence-corrected chi connectivity index (χ3v) is 3.87. The molecule has 0 fully saturated rings. The summed E-state index contributed by atoms with van der Waals surface area (Å²) in [6, 6.07) is 7.97. The molecule has 1 aromatic rings. The zero-order chi connectivity index (χ0) is 12.5. The van der Waals surface area contributed by atoms with Crippen molar-refractivity contribution in [3.63, 3.8) is 0 Å². The molecule has 0 aliphatic carbocycles. The SMILES string of the molecule is CCOC(CN)CCSCc1ccccc1Cl. The second-order valence-corrected chi connectivity index (χ2v) is 5.26. The Balaban J connectivity index is 2.22. The Morgan fingerprint density at radius 1 is 1.41 bits per heavy atom. The first-order valence-corrected chi connectivity index (χ1v) is 7.44. The Bertz CT molecular complexity index is 322. The zero-order valence-corrected chi connectivity index (χ0v) is 11.8. The van der Waals surface area contributed by atoms with Crippen molar-refractivity contribution in [2.75, 3.05) is 18.9 Å². The summed E-state index contributed by atoms with van der Waals surface area (Å²) >= 11 is 7.95. The second kappa shape index (κ2) is 8.81. The normalized spacial score (nSPS) is 12.6. The fraction of sp³-hybridized carbons (Fsp3) is 0.538. The molecular formula is C13H20ClNOS.